The Morgan fingerprint density at radius 2 is 2.11 bits per heavy atom. The normalized spacial score (nSPS) is 19.1. The number of benzene rings is 1. The monoisotopic (exact) mass is 257 g/mol. The average Bonchev–Trinajstić information content (AvgIpc) is 2.82. The number of aliphatic hydroxyl groups is 1. The molecule has 18 heavy (non-hydrogen) atoms. The van der Waals surface area contributed by atoms with Gasteiger partial charge >= 0.3 is 6.09 Å². The Labute approximate surface area is 103 Å². The summed E-state index contributed by atoms with van der Waals surface area (Å²) in [6, 6.07) is 2.87. The molecule has 1 atom stereocenters. The van der Waals surface area contributed by atoms with E-state index in [9.17, 15) is 13.6 Å². The molecule has 0 saturated carbocycles. The van der Waals surface area contributed by atoms with Crippen molar-refractivity contribution in [3.8, 4) is 5.75 Å². The molecular formula is C12H13F2NO3. The molecule has 1 heterocycles. The number of carbonyl (C=O) groups excluding carboxylic acids is 1. The number of nitrogens with zero attached hydrogens (tertiary/aromatic N) is 1. The first-order valence-corrected chi connectivity index (χ1v) is 5.67. The first-order chi connectivity index (χ1) is 8.63. The van der Waals surface area contributed by atoms with Crippen molar-refractivity contribution in [2.75, 3.05) is 13.2 Å². The van der Waals surface area contributed by atoms with Gasteiger partial charge in [-0.05, 0) is 25.0 Å². The lowest BCUT2D eigenvalue weighted by molar-refractivity contribution is 0.121. The van der Waals surface area contributed by atoms with E-state index in [0.717, 1.165) is 18.6 Å². The molecule has 1 aliphatic heterocycles. The van der Waals surface area contributed by atoms with E-state index in [1.165, 1.54) is 11.0 Å². The molecule has 0 radical (unpaired) electrons. The number of aliphatic hydroxyl groups excluding tert-OH is 1. The molecule has 1 fully saturated rings. The van der Waals surface area contributed by atoms with Crippen molar-refractivity contribution in [1.82, 2.24) is 4.90 Å². The number of para-hydroxylation sites is 1. The van der Waals surface area contributed by atoms with Crippen LogP contribution in [0.3, 0.4) is 0 Å². The number of amides is 1. The highest BCUT2D eigenvalue weighted by molar-refractivity contribution is 5.71. The van der Waals surface area contributed by atoms with E-state index in [1.54, 1.807) is 0 Å². The van der Waals surface area contributed by atoms with Crippen LogP contribution < -0.4 is 4.74 Å². The Bertz CT molecular complexity index is 433. The van der Waals surface area contributed by atoms with Crippen molar-refractivity contribution >= 4 is 6.09 Å². The fourth-order valence-corrected chi connectivity index (χ4v) is 1.99. The van der Waals surface area contributed by atoms with Gasteiger partial charge in [-0.25, -0.2) is 13.6 Å². The Morgan fingerprint density at radius 3 is 2.72 bits per heavy atom. The average molecular weight is 257 g/mol. The third kappa shape index (κ3) is 2.43. The van der Waals surface area contributed by atoms with E-state index >= 15 is 0 Å². The van der Waals surface area contributed by atoms with Gasteiger partial charge in [0.1, 0.15) is 0 Å². The quantitative estimate of drug-likeness (QED) is 0.880. The zero-order valence-corrected chi connectivity index (χ0v) is 9.60. The lowest BCUT2D eigenvalue weighted by atomic mass is 10.2. The minimum absolute atomic E-state index is 0.186. The molecule has 1 N–H and O–H groups in total. The van der Waals surface area contributed by atoms with Crippen molar-refractivity contribution in [3.63, 3.8) is 0 Å². The minimum atomic E-state index is -0.928. The molecular weight excluding hydrogens is 244 g/mol. The van der Waals surface area contributed by atoms with Crippen molar-refractivity contribution in [3.05, 3.63) is 29.8 Å². The molecule has 2 rings (SSSR count). The standard InChI is InChI=1S/C12H13F2NO3/c13-9-4-1-5-10(14)11(9)18-12(17)15-6-2-3-8(15)7-16/h1,4-5,8,16H,2-3,6-7H2. The molecule has 98 valence electrons. The zero-order chi connectivity index (χ0) is 13.1. The number of rotatable bonds is 2. The Morgan fingerprint density at radius 1 is 1.44 bits per heavy atom. The number of carbonyl (C=O) groups is 1. The number of likely N-dealkylation sites (tertiary alicyclic amines) is 1. The first-order valence-electron chi connectivity index (χ1n) is 5.67. The van der Waals surface area contributed by atoms with Crippen molar-refractivity contribution in [1.29, 1.82) is 0 Å². The summed E-state index contributed by atoms with van der Waals surface area (Å²) in [5, 5.41) is 9.06. The second kappa shape index (κ2) is 5.30. The fraction of sp³-hybridized carbons (Fsp3) is 0.417. The van der Waals surface area contributed by atoms with Crippen LogP contribution in [-0.4, -0.2) is 35.3 Å². The minimum Gasteiger partial charge on any atom is -0.404 e. The topological polar surface area (TPSA) is 49.8 Å². The van der Waals surface area contributed by atoms with Crippen LogP contribution in [0.15, 0.2) is 18.2 Å². The highest BCUT2D eigenvalue weighted by Gasteiger charge is 2.30. The lowest BCUT2D eigenvalue weighted by Gasteiger charge is -2.22. The van der Waals surface area contributed by atoms with Gasteiger partial charge in [0.25, 0.3) is 0 Å². The largest absolute Gasteiger partial charge is 0.415 e. The van der Waals surface area contributed by atoms with Crippen molar-refractivity contribution < 1.29 is 23.4 Å². The molecule has 6 heteroatoms. The smallest absolute Gasteiger partial charge is 0.404 e. The van der Waals surface area contributed by atoms with Crippen LogP contribution in [0.1, 0.15) is 12.8 Å². The fourth-order valence-electron chi connectivity index (χ4n) is 1.99. The molecule has 1 saturated heterocycles. The van der Waals surface area contributed by atoms with Gasteiger partial charge in [-0.3, -0.25) is 0 Å². The Hall–Kier alpha value is -1.69. The molecule has 0 aromatic heterocycles. The second-order valence-corrected chi connectivity index (χ2v) is 4.09. The maximum absolute atomic E-state index is 13.3. The van der Waals surface area contributed by atoms with Crippen LogP contribution in [0.4, 0.5) is 13.6 Å². The maximum Gasteiger partial charge on any atom is 0.415 e. The number of halogens is 2. The van der Waals surface area contributed by atoms with Crippen LogP contribution in [0.25, 0.3) is 0 Å². The van der Waals surface area contributed by atoms with E-state index in [2.05, 4.69) is 0 Å². The summed E-state index contributed by atoms with van der Waals surface area (Å²) < 4.78 is 31.3. The highest BCUT2D eigenvalue weighted by atomic mass is 19.1. The molecule has 1 aromatic rings. The number of hydrogen-bond donors (Lipinski definition) is 1. The van der Waals surface area contributed by atoms with Gasteiger partial charge < -0.3 is 14.7 Å². The summed E-state index contributed by atoms with van der Waals surface area (Å²) in [6.45, 7) is 0.231. The van der Waals surface area contributed by atoms with Gasteiger partial charge in [-0.15, -0.1) is 0 Å². The molecule has 1 aliphatic rings. The third-order valence-corrected chi connectivity index (χ3v) is 2.93. The van der Waals surface area contributed by atoms with E-state index in [-0.39, 0.29) is 12.6 Å². The Balaban J connectivity index is 2.12. The van der Waals surface area contributed by atoms with E-state index < -0.39 is 23.5 Å². The molecule has 1 aromatic carbocycles. The van der Waals surface area contributed by atoms with Gasteiger partial charge in [-0.2, -0.15) is 0 Å². The van der Waals surface area contributed by atoms with Gasteiger partial charge in [0.15, 0.2) is 11.6 Å². The highest BCUT2D eigenvalue weighted by Crippen LogP contribution is 2.24. The van der Waals surface area contributed by atoms with Crippen molar-refractivity contribution in [2.24, 2.45) is 0 Å². The van der Waals surface area contributed by atoms with Crippen LogP contribution >= 0.6 is 0 Å². The van der Waals surface area contributed by atoms with E-state index in [4.69, 9.17) is 9.84 Å². The summed E-state index contributed by atoms with van der Waals surface area (Å²) in [4.78, 5) is 13.0. The molecule has 0 bridgehead atoms. The number of hydrogen-bond acceptors (Lipinski definition) is 3. The molecule has 0 spiro atoms. The van der Waals surface area contributed by atoms with Gasteiger partial charge in [-0.1, -0.05) is 6.07 Å². The van der Waals surface area contributed by atoms with Gasteiger partial charge in [0.05, 0.1) is 12.6 Å². The van der Waals surface area contributed by atoms with E-state index in [1.807, 2.05) is 0 Å². The zero-order valence-electron chi connectivity index (χ0n) is 9.60. The van der Waals surface area contributed by atoms with Crippen LogP contribution in [0.5, 0.6) is 5.75 Å². The Kier molecular flexibility index (Phi) is 3.76. The molecule has 0 aliphatic carbocycles. The molecule has 4 nitrogen and oxygen atoms in total. The summed E-state index contributed by atoms with van der Waals surface area (Å²) in [7, 11) is 0. The van der Waals surface area contributed by atoms with Crippen LogP contribution in [-0.2, 0) is 0 Å². The SMILES string of the molecule is O=C(Oc1c(F)cccc1F)N1CCCC1CO. The molecule has 1 amide bonds. The van der Waals surface area contributed by atoms with Gasteiger partial charge in [0, 0.05) is 6.54 Å². The summed E-state index contributed by atoms with van der Waals surface area (Å²) in [6.07, 6.45) is 0.557. The van der Waals surface area contributed by atoms with Gasteiger partial charge in [0.2, 0.25) is 5.75 Å². The maximum atomic E-state index is 13.3. The lowest BCUT2D eigenvalue weighted by Crippen LogP contribution is -2.39. The van der Waals surface area contributed by atoms with Crippen LogP contribution in [0.2, 0.25) is 0 Å². The summed E-state index contributed by atoms with van der Waals surface area (Å²) >= 11 is 0. The van der Waals surface area contributed by atoms with E-state index in [0.29, 0.717) is 13.0 Å². The van der Waals surface area contributed by atoms with Crippen LogP contribution in [0, 0.1) is 11.6 Å². The predicted octanol–water partition coefficient (Wildman–Crippen LogP) is 1.92. The summed E-state index contributed by atoms with van der Waals surface area (Å²) in [5.41, 5.74) is 0. The first kappa shape index (κ1) is 12.8. The second-order valence-electron chi connectivity index (χ2n) is 4.09. The van der Waals surface area contributed by atoms with Crippen molar-refractivity contribution in [2.45, 2.75) is 18.9 Å². The number of ether oxygens (including phenoxy) is 1. The molecule has 1 unspecified atom stereocenters. The predicted molar refractivity (Wildman–Crippen MR) is 59.2 cm³/mol. The summed E-state index contributed by atoms with van der Waals surface area (Å²) in [5.74, 6) is -2.56. The third-order valence-electron chi connectivity index (χ3n) is 2.93.